The summed E-state index contributed by atoms with van der Waals surface area (Å²) in [4.78, 5) is 34.0. The molecule has 30 heavy (non-hydrogen) atoms. The van der Waals surface area contributed by atoms with Crippen molar-refractivity contribution >= 4 is 17.7 Å². The molecule has 0 bridgehead atoms. The summed E-state index contributed by atoms with van der Waals surface area (Å²) >= 11 is 0. The van der Waals surface area contributed by atoms with E-state index in [-0.39, 0.29) is 12.3 Å². The summed E-state index contributed by atoms with van der Waals surface area (Å²) in [5.74, 6) is -1.16. The van der Waals surface area contributed by atoms with Crippen molar-refractivity contribution in [3.63, 3.8) is 0 Å². The van der Waals surface area contributed by atoms with Crippen LogP contribution in [0.25, 0.3) is 11.3 Å². The Kier molecular flexibility index (Phi) is 7.42. The maximum absolute atomic E-state index is 12.7. The Labute approximate surface area is 171 Å². The summed E-state index contributed by atoms with van der Waals surface area (Å²) < 4.78 is 43.7. The lowest BCUT2D eigenvalue weighted by Gasteiger charge is -2.11. The van der Waals surface area contributed by atoms with Gasteiger partial charge in [-0.15, -0.1) is 0 Å². The average molecular weight is 425 g/mol. The molecule has 9 heteroatoms. The predicted octanol–water partition coefficient (Wildman–Crippen LogP) is 4.15. The molecule has 1 amide bonds. The van der Waals surface area contributed by atoms with Gasteiger partial charge in [0.2, 0.25) is 5.91 Å². The molecule has 0 radical (unpaired) electrons. The Balaban J connectivity index is 1.90. The minimum Gasteiger partial charge on any atom is -0.481 e. The standard InChI is InChI=1S/C21H22F3NO5/c1-12(17(26)11-20(28)29)25-19(27)5-3-4-15-10-18(30-13(15)2)14-6-8-16(9-7-14)21(22,23)24/h6-10,12H,3-5,11H2,1-2H3,(H,25,27)(H,28,29). The maximum Gasteiger partial charge on any atom is 0.416 e. The minimum atomic E-state index is -4.40. The molecule has 1 heterocycles. The van der Waals surface area contributed by atoms with Gasteiger partial charge in [0.05, 0.1) is 11.6 Å². The zero-order chi connectivity index (χ0) is 22.5. The van der Waals surface area contributed by atoms with E-state index in [2.05, 4.69) is 5.32 Å². The summed E-state index contributed by atoms with van der Waals surface area (Å²) in [6.07, 6.45) is -3.97. The maximum atomic E-state index is 12.7. The number of hydrogen-bond acceptors (Lipinski definition) is 4. The van der Waals surface area contributed by atoms with Gasteiger partial charge < -0.3 is 14.8 Å². The molecule has 2 rings (SSSR count). The van der Waals surface area contributed by atoms with Gasteiger partial charge in [-0.3, -0.25) is 14.4 Å². The van der Waals surface area contributed by atoms with Crippen LogP contribution < -0.4 is 5.32 Å². The van der Waals surface area contributed by atoms with E-state index in [9.17, 15) is 27.6 Å². The molecule has 0 spiro atoms. The van der Waals surface area contributed by atoms with Gasteiger partial charge >= 0.3 is 12.1 Å². The van der Waals surface area contributed by atoms with Crippen LogP contribution in [-0.2, 0) is 27.0 Å². The number of hydrogen-bond donors (Lipinski definition) is 2. The van der Waals surface area contributed by atoms with Crippen LogP contribution in [0.3, 0.4) is 0 Å². The minimum absolute atomic E-state index is 0.130. The number of aliphatic carboxylic acids is 1. The lowest BCUT2D eigenvalue weighted by atomic mass is 10.1. The monoisotopic (exact) mass is 425 g/mol. The lowest BCUT2D eigenvalue weighted by molar-refractivity contribution is -0.141. The molecular formula is C21H22F3NO5. The molecule has 1 unspecified atom stereocenters. The van der Waals surface area contributed by atoms with E-state index in [1.165, 1.54) is 19.1 Å². The highest BCUT2D eigenvalue weighted by Crippen LogP contribution is 2.32. The van der Waals surface area contributed by atoms with E-state index in [1.807, 2.05) is 0 Å². The van der Waals surface area contributed by atoms with Gasteiger partial charge in [-0.1, -0.05) is 12.1 Å². The predicted molar refractivity (Wildman–Crippen MR) is 102 cm³/mol. The molecule has 162 valence electrons. The SMILES string of the molecule is Cc1oc(-c2ccc(C(F)(F)F)cc2)cc1CCCC(=O)NC(C)C(=O)CC(=O)O. The fourth-order valence-corrected chi connectivity index (χ4v) is 2.87. The average Bonchev–Trinajstić information content (AvgIpc) is 3.01. The van der Waals surface area contributed by atoms with Gasteiger partial charge in [-0.2, -0.15) is 13.2 Å². The molecule has 0 saturated heterocycles. The largest absolute Gasteiger partial charge is 0.481 e. The topological polar surface area (TPSA) is 96.6 Å². The normalized spacial score (nSPS) is 12.4. The molecule has 0 aliphatic rings. The fraction of sp³-hybridized carbons (Fsp3) is 0.381. The van der Waals surface area contributed by atoms with Crippen LogP contribution in [0, 0.1) is 6.92 Å². The van der Waals surface area contributed by atoms with E-state index in [0.29, 0.717) is 29.9 Å². The number of Topliss-reactive ketones (excluding diaryl/α,β-unsaturated/α-hetero) is 1. The van der Waals surface area contributed by atoms with Gasteiger partial charge in [0.1, 0.15) is 17.9 Å². The number of rotatable bonds is 9. The van der Waals surface area contributed by atoms with E-state index in [4.69, 9.17) is 9.52 Å². The third-order valence-corrected chi connectivity index (χ3v) is 4.55. The third kappa shape index (κ3) is 6.47. The molecule has 0 fully saturated rings. The number of amides is 1. The highest BCUT2D eigenvalue weighted by Gasteiger charge is 2.30. The number of carbonyl (C=O) groups is 3. The van der Waals surface area contributed by atoms with Crippen LogP contribution in [0.4, 0.5) is 13.2 Å². The van der Waals surface area contributed by atoms with Crippen molar-refractivity contribution in [2.75, 3.05) is 0 Å². The molecule has 1 aromatic heterocycles. The number of nitrogens with one attached hydrogen (secondary N) is 1. The van der Waals surface area contributed by atoms with Gasteiger partial charge in [0.25, 0.3) is 0 Å². The van der Waals surface area contributed by atoms with Crippen molar-refractivity contribution in [2.24, 2.45) is 0 Å². The molecule has 1 atom stereocenters. The van der Waals surface area contributed by atoms with Gasteiger partial charge in [0.15, 0.2) is 5.78 Å². The first-order valence-electron chi connectivity index (χ1n) is 9.28. The summed E-state index contributed by atoms with van der Waals surface area (Å²) in [5.41, 5.74) is 0.602. The molecule has 0 saturated carbocycles. The van der Waals surface area contributed by atoms with Gasteiger partial charge in [-0.05, 0) is 50.5 Å². The molecule has 0 aliphatic heterocycles. The Morgan fingerprint density at radius 2 is 1.80 bits per heavy atom. The van der Waals surface area contributed by atoms with Crippen molar-refractivity contribution in [3.05, 3.63) is 47.2 Å². The molecule has 2 aromatic rings. The highest BCUT2D eigenvalue weighted by atomic mass is 19.4. The second-order valence-corrected chi connectivity index (χ2v) is 6.95. The number of furan rings is 1. The van der Waals surface area contributed by atoms with Gasteiger partial charge in [-0.25, -0.2) is 0 Å². The summed E-state index contributed by atoms with van der Waals surface area (Å²) in [6, 6.07) is 5.51. The zero-order valence-corrected chi connectivity index (χ0v) is 16.5. The van der Waals surface area contributed by atoms with E-state index < -0.39 is 36.0 Å². The fourth-order valence-electron chi connectivity index (χ4n) is 2.87. The highest BCUT2D eigenvalue weighted by molar-refractivity contribution is 5.99. The van der Waals surface area contributed by atoms with Gasteiger partial charge in [0, 0.05) is 12.0 Å². The van der Waals surface area contributed by atoms with Crippen molar-refractivity contribution in [1.29, 1.82) is 0 Å². The van der Waals surface area contributed by atoms with Crippen molar-refractivity contribution in [2.45, 2.75) is 51.7 Å². The number of carbonyl (C=O) groups excluding carboxylic acids is 2. The number of halogens is 3. The molecule has 0 aliphatic carbocycles. The van der Waals surface area contributed by atoms with Crippen molar-refractivity contribution < 1.29 is 37.1 Å². The number of ketones is 1. The second kappa shape index (κ2) is 9.60. The van der Waals surface area contributed by atoms with Crippen molar-refractivity contribution in [1.82, 2.24) is 5.32 Å². The number of carboxylic acids is 1. The van der Waals surface area contributed by atoms with E-state index >= 15 is 0 Å². The quantitative estimate of drug-likeness (QED) is 0.589. The number of benzene rings is 1. The zero-order valence-electron chi connectivity index (χ0n) is 16.5. The van der Waals surface area contributed by atoms with E-state index in [0.717, 1.165) is 17.7 Å². The number of aryl methyl sites for hydroxylation is 2. The number of carboxylic acid groups (broad SMARTS) is 1. The summed E-state index contributed by atoms with van der Waals surface area (Å²) in [5, 5.41) is 11.1. The first-order chi connectivity index (χ1) is 14.0. The third-order valence-electron chi connectivity index (χ3n) is 4.55. The van der Waals surface area contributed by atoms with Crippen LogP contribution in [0.15, 0.2) is 34.7 Å². The molecule has 1 aromatic carbocycles. The molecule has 6 nitrogen and oxygen atoms in total. The second-order valence-electron chi connectivity index (χ2n) is 6.95. The van der Waals surface area contributed by atoms with Crippen LogP contribution in [-0.4, -0.2) is 28.8 Å². The van der Waals surface area contributed by atoms with Crippen LogP contribution in [0.1, 0.15) is 43.1 Å². The first-order valence-corrected chi connectivity index (χ1v) is 9.28. The smallest absolute Gasteiger partial charge is 0.416 e. The van der Waals surface area contributed by atoms with Crippen LogP contribution in [0.5, 0.6) is 0 Å². The molecule has 2 N–H and O–H groups in total. The Morgan fingerprint density at radius 3 is 2.37 bits per heavy atom. The van der Waals surface area contributed by atoms with Crippen molar-refractivity contribution in [3.8, 4) is 11.3 Å². The van der Waals surface area contributed by atoms with E-state index in [1.54, 1.807) is 13.0 Å². The first kappa shape index (κ1) is 23.2. The van der Waals surface area contributed by atoms with Crippen LogP contribution in [0.2, 0.25) is 0 Å². The molecular weight excluding hydrogens is 403 g/mol. The Morgan fingerprint density at radius 1 is 1.17 bits per heavy atom. The summed E-state index contributed by atoms with van der Waals surface area (Å²) in [7, 11) is 0. The Bertz CT molecular complexity index is 916. The number of alkyl halides is 3. The summed E-state index contributed by atoms with van der Waals surface area (Å²) in [6.45, 7) is 3.16. The Hall–Kier alpha value is -3.10. The lowest BCUT2D eigenvalue weighted by Crippen LogP contribution is -2.39. The van der Waals surface area contributed by atoms with Crippen LogP contribution >= 0.6 is 0 Å².